The Morgan fingerprint density at radius 3 is 2.93 bits per heavy atom. The number of hydrogen-bond donors (Lipinski definition) is 1. The number of thioether (sulfide) groups is 1. The van der Waals surface area contributed by atoms with Crippen LogP contribution in [0.1, 0.15) is 10.4 Å². The summed E-state index contributed by atoms with van der Waals surface area (Å²) in [6.07, 6.45) is 1.71. The fourth-order valence-electron chi connectivity index (χ4n) is 2.28. The number of esters is 1. The van der Waals surface area contributed by atoms with Crippen molar-refractivity contribution in [2.45, 2.75) is 11.7 Å². The summed E-state index contributed by atoms with van der Waals surface area (Å²) in [7, 11) is 1.29. The van der Waals surface area contributed by atoms with Crippen LogP contribution in [-0.4, -0.2) is 39.5 Å². The smallest absolute Gasteiger partial charge is 0.340 e. The lowest BCUT2D eigenvalue weighted by atomic mass is 10.3. The Hall–Kier alpha value is -2.37. The number of aromatic nitrogens is 3. The van der Waals surface area contributed by atoms with Crippen LogP contribution in [0.4, 0.5) is 5.00 Å². The summed E-state index contributed by atoms with van der Waals surface area (Å²) in [6, 6.07) is 5.15. The number of methoxy groups -OCH3 is 1. The van der Waals surface area contributed by atoms with E-state index >= 15 is 0 Å². The molecule has 0 aromatic carbocycles. The van der Waals surface area contributed by atoms with Crippen molar-refractivity contribution in [1.82, 2.24) is 14.8 Å². The van der Waals surface area contributed by atoms with Crippen molar-refractivity contribution in [2.75, 3.05) is 18.2 Å². The fraction of sp³-hybridized carbons (Fsp3) is 0.176. The number of nitrogens with one attached hydrogen (secondary N) is 1. The Labute approximate surface area is 177 Å². The van der Waals surface area contributed by atoms with Gasteiger partial charge in [-0.2, -0.15) is 0 Å². The van der Waals surface area contributed by atoms with Crippen LogP contribution in [0.2, 0.25) is 0 Å². The zero-order valence-electron chi connectivity index (χ0n) is 14.7. The van der Waals surface area contributed by atoms with E-state index in [-0.39, 0.29) is 11.7 Å². The van der Waals surface area contributed by atoms with Crippen molar-refractivity contribution in [1.29, 1.82) is 0 Å². The number of amides is 1. The number of anilines is 1. The number of ether oxygens (including phenoxy) is 1. The van der Waals surface area contributed by atoms with Gasteiger partial charge >= 0.3 is 5.97 Å². The van der Waals surface area contributed by atoms with E-state index in [2.05, 4.69) is 38.0 Å². The van der Waals surface area contributed by atoms with Crippen LogP contribution in [0.3, 0.4) is 0 Å². The van der Waals surface area contributed by atoms with Gasteiger partial charge in [0, 0.05) is 6.54 Å². The van der Waals surface area contributed by atoms with Gasteiger partial charge in [0.2, 0.25) is 11.7 Å². The molecule has 3 heterocycles. The number of allylic oxidation sites excluding steroid dienone is 1. The molecule has 0 fully saturated rings. The van der Waals surface area contributed by atoms with Gasteiger partial charge in [-0.1, -0.05) is 17.8 Å². The van der Waals surface area contributed by atoms with Crippen LogP contribution in [-0.2, 0) is 16.1 Å². The minimum absolute atomic E-state index is 0.0929. The number of rotatable bonds is 8. The lowest BCUT2D eigenvalue weighted by molar-refractivity contribution is -0.113. The van der Waals surface area contributed by atoms with Gasteiger partial charge in [0.25, 0.3) is 0 Å². The Bertz CT molecular complexity index is 1010. The van der Waals surface area contributed by atoms with Crippen LogP contribution in [0.25, 0.3) is 11.6 Å². The second kappa shape index (κ2) is 9.22. The molecule has 11 heteroatoms. The molecule has 0 aliphatic heterocycles. The first-order valence-corrected chi connectivity index (χ1v) is 10.6. The molecule has 8 nitrogen and oxygen atoms in total. The SMILES string of the molecule is C=CCn1c(SCC(=O)Nc2sccc2C(=O)OC)nnc1-c1ccc(Br)o1. The summed E-state index contributed by atoms with van der Waals surface area (Å²) >= 11 is 5.74. The Morgan fingerprint density at radius 1 is 1.43 bits per heavy atom. The van der Waals surface area contributed by atoms with E-state index in [1.807, 2.05) is 0 Å². The van der Waals surface area contributed by atoms with Gasteiger partial charge < -0.3 is 14.5 Å². The van der Waals surface area contributed by atoms with E-state index in [9.17, 15) is 9.59 Å². The van der Waals surface area contributed by atoms with Gasteiger partial charge in [-0.25, -0.2) is 4.79 Å². The molecule has 0 saturated heterocycles. The Balaban J connectivity index is 1.70. The minimum atomic E-state index is -0.496. The molecule has 1 amide bonds. The molecule has 146 valence electrons. The zero-order valence-corrected chi connectivity index (χ0v) is 17.9. The van der Waals surface area contributed by atoms with E-state index in [0.717, 1.165) is 0 Å². The Morgan fingerprint density at radius 2 is 2.25 bits per heavy atom. The summed E-state index contributed by atoms with van der Waals surface area (Å²) in [5, 5.41) is 13.7. The fourth-order valence-corrected chi connectivity index (χ4v) is 4.12. The lowest BCUT2D eigenvalue weighted by Gasteiger charge is -2.07. The molecular formula is C17H15BrN4O4S2. The van der Waals surface area contributed by atoms with Crippen LogP contribution in [0, 0.1) is 0 Å². The number of furan rings is 1. The number of carbonyl (C=O) groups excluding carboxylic acids is 2. The molecule has 0 atom stereocenters. The van der Waals surface area contributed by atoms with E-state index in [1.165, 1.54) is 30.2 Å². The molecule has 28 heavy (non-hydrogen) atoms. The maximum atomic E-state index is 12.3. The van der Waals surface area contributed by atoms with Crippen molar-refractivity contribution in [3.05, 3.63) is 46.5 Å². The third-order valence-corrected chi connectivity index (χ3v) is 5.70. The van der Waals surface area contributed by atoms with Gasteiger partial charge in [0.15, 0.2) is 15.6 Å². The highest BCUT2D eigenvalue weighted by atomic mass is 79.9. The zero-order chi connectivity index (χ0) is 20.1. The number of hydrogen-bond acceptors (Lipinski definition) is 8. The van der Waals surface area contributed by atoms with Crippen LogP contribution in [0.5, 0.6) is 0 Å². The summed E-state index contributed by atoms with van der Waals surface area (Å²) < 4.78 is 12.6. The molecule has 1 N–H and O–H groups in total. The van der Waals surface area contributed by atoms with E-state index in [4.69, 9.17) is 9.15 Å². The number of thiophene rings is 1. The van der Waals surface area contributed by atoms with Gasteiger partial charge in [-0.15, -0.1) is 28.1 Å². The highest BCUT2D eigenvalue weighted by molar-refractivity contribution is 9.10. The maximum Gasteiger partial charge on any atom is 0.340 e. The highest BCUT2D eigenvalue weighted by Gasteiger charge is 2.19. The molecule has 0 saturated carbocycles. The second-order valence-corrected chi connectivity index (χ2v) is 7.94. The van der Waals surface area contributed by atoms with E-state index < -0.39 is 5.97 Å². The molecule has 3 rings (SSSR count). The molecule has 0 bridgehead atoms. The molecular weight excluding hydrogens is 468 g/mol. The minimum Gasteiger partial charge on any atom is -0.465 e. The van der Waals surface area contributed by atoms with Gasteiger partial charge in [0.1, 0.15) is 5.00 Å². The topological polar surface area (TPSA) is 99.2 Å². The van der Waals surface area contributed by atoms with E-state index in [1.54, 1.807) is 34.2 Å². The van der Waals surface area contributed by atoms with Crippen LogP contribution >= 0.6 is 39.0 Å². The van der Waals surface area contributed by atoms with Gasteiger partial charge in [0.05, 0.1) is 18.4 Å². The Kier molecular flexibility index (Phi) is 6.70. The summed E-state index contributed by atoms with van der Waals surface area (Å²) in [6.45, 7) is 4.21. The predicted octanol–water partition coefficient (Wildman–Crippen LogP) is 4.07. The monoisotopic (exact) mass is 482 g/mol. The van der Waals surface area contributed by atoms with Crippen molar-refractivity contribution in [2.24, 2.45) is 0 Å². The second-order valence-electron chi connectivity index (χ2n) is 5.30. The van der Waals surface area contributed by atoms with Crippen molar-refractivity contribution in [3.63, 3.8) is 0 Å². The third kappa shape index (κ3) is 4.54. The molecule has 0 spiro atoms. The normalized spacial score (nSPS) is 10.6. The number of nitrogens with zero attached hydrogens (tertiary/aromatic N) is 3. The average molecular weight is 483 g/mol. The summed E-state index contributed by atoms with van der Waals surface area (Å²) in [5.41, 5.74) is 0.325. The average Bonchev–Trinajstić information content (AvgIpc) is 3.40. The molecule has 0 unspecified atom stereocenters. The van der Waals surface area contributed by atoms with Crippen LogP contribution < -0.4 is 5.32 Å². The summed E-state index contributed by atoms with van der Waals surface area (Å²) in [4.78, 5) is 24.0. The van der Waals surface area contributed by atoms with E-state index in [0.29, 0.717) is 38.5 Å². The standard InChI is InChI=1S/C17H15BrN4O4S2/c1-3-7-22-14(11-4-5-12(18)26-11)20-21-17(22)28-9-13(23)19-15-10(6-8-27-15)16(24)25-2/h3-6,8H,1,7,9H2,2H3,(H,19,23). The molecule has 0 aliphatic carbocycles. The molecule has 0 radical (unpaired) electrons. The van der Waals surface area contributed by atoms with Crippen molar-refractivity contribution < 1.29 is 18.7 Å². The first-order chi connectivity index (χ1) is 13.5. The number of halogens is 1. The largest absolute Gasteiger partial charge is 0.465 e. The first-order valence-electron chi connectivity index (χ1n) is 7.91. The molecule has 3 aromatic heterocycles. The molecule has 0 aliphatic rings. The molecule has 3 aromatic rings. The highest BCUT2D eigenvalue weighted by Crippen LogP contribution is 2.28. The quantitative estimate of drug-likeness (QED) is 0.293. The third-order valence-electron chi connectivity index (χ3n) is 3.48. The number of carbonyl (C=O) groups is 2. The first kappa shape index (κ1) is 20.4. The predicted molar refractivity (Wildman–Crippen MR) is 111 cm³/mol. The summed E-state index contributed by atoms with van der Waals surface area (Å²) in [5.74, 6) is 0.422. The van der Waals surface area contributed by atoms with Gasteiger partial charge in [-0.3, -0.25) is 9.36 Å². The van der Waals surface area contributed by atoms with Crippen LogP contribution in [0.15, 0.2) is 50.5 Å². The van der Waals surface area contributed by atoms with Crippen molar-refractivity contribution >= 4 is 55.9 Å². The maximum absolute atomic E-state index is 12.3. The van der Waals surface area contributed by atoms with Crippen molar-refractivity contribution in [3.8, 4) is 11.6 Å². The lowest BCUT2D eigenvalue weighted by Crippen LogP contribution is -2.16. The van der Waals surface area contributed by atoms with Gasteiger partial charge in [-0.05, 0) is 39.5 Å².